The summed E-state index contributed by atoms with van der Waals surface area (Å²) in [5.41, 5.74) is 1.64. The van der Waals surface area contributed by atoms with Crippen molar-refractivity contribution in [3.8, 4) is 5.75 Å². The van der Waals surface area contributed by atoms with E-state index in [0.29, 0.717) is 6.54 Å². The Hall–Kier alpha value is -1.55. The third-order valence-electron chi connectivity index (χ3n) is 2.34. The first-order valence-corrected chi connectivity index (χ1v) is 5.47. The maximum Gasteiger partial charge on any atom is 0.209 e. The number of oxazole rings is 1. The Balaban J connectivity index is 2.16. The number of ether oxygens (including phenoxy) is 1. The zero-order valence-corrected chi connectivity index (χ0v) is 9.62. The van der Waals surface area contributed by atoms with Gasteiger partial charge in [-0.2, -0.15) is 0 Å². The van der Waals surface area contributed by atoms with Crippen molar-refractivity contribution in [2.45, 2.75) is 19.9 Å². The minimum Gasteiger partial charge on any atom is -0.497 e. The van der Waals surface area contributed by atoms with Crippen LogP contribution in [0.4, 0.5) is 0 Å². The van der Waals surface area contributed by atoms with Gasteiger partial charge in [-0.1, -0.05) is 6.92 Å². The number of hydrogen-bond acceptors (Lipinski definition) is 4. The predicted octanol–water partition coefficient (Wildman–Crippen LogP) is 2.34. The van der Waals surface area contributed by atoms with Gasteiger partial charge in [-0.05, 0) is 25.1 Å². The minimum absolute atomic E-state index is 0.671. The molecule has 4 nitrogen and oxygen atoms in total. The Morgan fingerprint density at radius 3 is 3.06 bits per heavy atom. The Kier molecular flexibility index (Phi) is 3.41. The molecule has 1 aromatic carbocycles. The zero-order chi connectivity index (χ0) is 11.4. The van der Waals surface area contributed by atoms with Crippen LogP contribution >= 0.6 is 0 Å². The normalized spacial score (nSPS) is 10.9. The first kappa shape index (κ1) is 11.0. The highest BCUT2D eigenvalue weighted by Crippen LogP contribution is 2.21. The molecule has 0 aliphatic heterocycles. The standard InChI is InChI=1S/C12H16N2O2/c1-3-6-13-8-12-14-10-5-4-9(15-2)7-11(10)16-12/h4-5,7,13H,3,6,8H2,1-2H3. The largest absolute Gasteiger partial charge is 0.497 e. The van der Waals surface area contributed by atoms with Crippen LogP contribution in [0.1, 0.15) is 19.2 Å². The molecule has 2 rings (SSSR count). The van der Waals surface area contributed by atoms with Gasteiger partial charge in [-0.15, -0.1) is 0 Å². The average Bonchev–Trinajstić information content (AvgIpc) is 2.70. The van der Waals surface area contributed by atoms with Gasteiger partial charge in [-0.25, -0.2) is 4.98 Å². The van der Waals surface area contributed by atoms with Crippen molar-refractivity contribution < 1.29 is 9.15 Å². The molecule has 0 saturated carbocycles. The van der Waals surface area contributed by atoms with Crippen LogP contribution in [0.15, 0.2) is 22.6 Å². The van der Waals surface area contributed by atoms with E-state index < -0.39 is 0 Å². The second-order valence-corrected chi connectivity index (χ2v) is 3.62. The number of aromatic nitrogens is 1. The maximum atomic E-state index is 5.60. The first-order chi connectivity index (χ1) is 7.83. The number of benzene rings is 1. The zero-order valence-electron chi connectivity index (χ0n) is 9.62. The van der Waals surface area contributed by atoms with E-state index in [9.17, 15) is 0 Å². The van der Waals surface area contributed by atoms with Crippen LogP contribution in [0.2, 0.25) is 0 Å². The van der Waals surface area contributed by atoms with Gasteiger partial charge < -0.3 is 14.5 Å². The van der Waals surface area contributed by atoms with Crippen molar-refractivity contribution >= 4 is 11.1 Å². The molecule has 0 spiro atoms. The van der Waals surface area contributed by atoms with Gasteiger partial charge in [0.25, 0.3) is 0 Å². The molecule has 4 heteroatoms. The van der Waals surface area contributed by atoms with E-state index in [4.69, 9.17) is 9.15 Å². The lowest BCUT2D eigenvalue weighted by atomic mass is 10.3. The molecule has 0 aliphatic rings. The fraction of sp³-hybridized carbons (Fsp3) is 0.417. The van der Waals surface area contributed by atoms with E-state index in [1.807, 2.05) is 18.2 Å². The number of rotatable bonds is 5. The van der Waals surface area contributed by atoms with Crippen LogP contribution in [0.5, 0.6) is 5.75 Å². The molecule has 2 aromatic rings. The Morgan fingerprint density at radius 1 is 1.44 bits per heavy atom. The summed E-state index contributed by atoms with van der Waals surface area (Å²) >= 11 is 0. The second-order valence-electron chi connectivity index (χ2n) is 3.62. The summed E-state index contributed by atoms with van der Waals surface area (Å²) in [5, 5.41) is 3.25. The number of fused-ring (bicyclic) bond motifs is 1. The summed E-state index contributed by atoms with van der Waals surface area (Å²) in [5.74, 6) is 1.51. The highest BCUT2D eigenvalue weighted by molar-refractivity contribution is 5.74. The third-order valence-corrected chi connectivity index (χ3v) is 2.34. The van der Waals surface area contributed by atoms with Gasteiger partial charge in [0.15, 0.2) is 5.58 Å². The lowest BCUT2D eigenvalue weighted by Crippen LogP contribution is -2.13. The van der Waals surface area contributed by atoms with Gasteiger partial charge in [0.2, 0.25) is 5.89 Å². The van der Waals surface area contributed by atoms with Crippen molar-refractivity contribution in [1.29, 1.82) is 0 Å². The van der Waals surface area contributed by atoms with E-state index in [2.05, 4.69) is 17.2 Å². The van der Waals surface area contributed by atoms with Crippen LogP contribution in [0.25, 0.3) is 11.1 Å². The summed E-state index contributed by atoms with van der Waals surface area (Å²) in [6, 6.07) is 5.64. The van der Waals surface area contributed by atoms with Crippen LogP contribution in [0, 0.1) is 0 Å². The molecule has 0 bridgehead atoms. The van der Waals surface area contributed by atoms with E-state index in [0.717, 1.165) is 35.7 Å². The van der Waals surface area contributed by atoms with Crippen molar-refractivity contribution in [2.75, 3.05) is 13.7 Å². The van der Waals surface area contributed by atoms with Crippen LogP contribution in [-0.2, 0) is 6.54 Å². The number of methoxy groups -OCH3 is 1. The minimum atomic E-state index is 0.671. The van der Waals surface area contributed by atoms with Crippen molar-refractivity contribution in [3.05, 3.63) is 24.1 Å². The summed E-state index contributed by atoms with van der Waals surface area (Å²) in [6.45, 7) is 3.77. The second kappa shape index (κ2) is 4.99. The monoisotopic (exact) mass is 220 g/mol. The van der Waals surface area contributed by atoms with Crippen LogP contribution in [-0.4, -0.2) is 18.6 Å². The fourth-order valence-corrected chi connectivity index (χ4v) is 1.53. The molecule has 0 fully saturated rings. The Bertz CT molecular complexity index is 465. The molecule has 86 valence electrons. The SMILES string of the molecule is CCCNCc1nc2ccc(OC)cc2o1. The molecule has 0 atom stereocenters. The quantitative estimate of drug-likeness (QED) is 0.786. The third kappa shape index (κ3) is 2.33. The summed E-state index contributed by atoms with van der Waals surface area (Å²) in [6.07, 6.45) is 1.11. The summed E-state index contributed by atoms with van der Waals surface area (Å²) in [7, 11) is 1.64. The smallest absolute Gasteiger partial charge is 0.209 e. The molecule has 1 N–H and O–H groups in total. The van der Waals surface area contributed by atoms with Crippen LogP contribution < -0.4 is 10.1 Å². The van der Waals surface area contributed by atoms with Gasteiger partial charge in [0.05, 0.1) is 13.7 Å². The van der Waals surface area contributed by atoms with Crippen molar-refractivity contribution in [3.63, 3.8) is 0 Å². The van der Waals surface area contributed by atoms with Gasteiger partial charge in [-0.3, -0.25) is 0 Å². The predicted molar refractivity (Wildman–Crippen MR) is 62.6 cm³/mol. The molecule has 1 aromatic heterocycles. The van der Waals surface area contributed by atoms with E-state index in [-0.39, 0.29) is 0 Å². The molecular formula is C12H16N2O2. The molecule has 16 heavy (non-hydrogen) atoms. The van der Waals surface area contributed by atoms with Gasteiger partial charge in [0.1, 0.15) is 11.3 Å². The van der Waals surface area contributed by atoms with Crippen molar-refractivity contribution in [1.82, 2.24) is 10.3 Å². The molecule has 0 unspecified atom stereocenters. The van der Waals surface area contributed by atoms with E-state index in [1.54, 1.807) is 7.11 Å². The lowest BCUT2D eigenvalue weighted by molar-refractivity contribution is 0.414. The first-order valence-electron chi connectivity index (χ1n) is 5.47. The molecule has 0 amide bonds. The molecule has 1 heterocycles. The maximum absolute atomic E-state index is 5.60. The Labute approximate surface area is 94.6 Å². The van der Waals surface area contributed by atoms with Crippen molar-refractivity contribution in [2.24, 2.45) is 0 Å². The van der Waals surface area contributed by atoms with E-state index in [1.165, 1.54) is 0 Å². The Morgan fingerprint density at radius 2 is 2.31 bits per heavy atom. The van der Waals surface area contributed by atoms with Gasteiger partial charge in [0, 0.05) is 6.07 Å². The number of nitrogens with one attached hydrogen (secondary N) is 1. The van der Waals surface area contributed by atoms with E-state index >= 15 is 0 Å². The summed E-state index contributed by atoms with van der Waals surface area (Å²) in [4.78, 5) is 4.38. The lowest BCUT2D eigenvalue weighted by Gasteiger charge is -1.97. The van der Waals surface area contributed by atoms with Gasteiger partial charge >= 0.3 is 0 Å². The van der Waals surface area contributed by atoms with Crippen LogP contribution in [0.3, 0.4) is 0 Å². The topological polar surface area (TPSA) is 47.3 Å². The molecule has 0 saturated heterocycles. The number of hydrogen-bond donors (Lipinski definition) is 1. The molecule has 0 radical (unpaired) electrons. The molecule has 0 aliphatic carbocycles. The number of nitrogens with zero attached hydrogens (tertiary/aromatic N) is 1. The highest BCUT2D eigenvalue weighted by Gasteiger charge is 2.05. The molecular weight excluding hydrogens is 204 g/mol. The average molecular weight is 220 g/mol. The highest BCUT2D eigenvalue weighted by atomic mass is 16.5. The fourth-order valence-electron chi connectivity index (χ4n) is 1.53. The summed E-state index contributed by atoms with van der Waals surface area (Å²) < 4.78 is 10.7.